The van der Waals surface area contributed by atoms with Crippen molar-refractivity contribution in [2.45, 2.75) is 45.6 Å². The van der Waals surface area contributed by atoms with Gasteiger partial charge in [-0.15, -0.1) is 0 Å². The van der Waals surface area contributed by atoms with E-state index in [1.165, 1.54) is 18.4 Å². The molecular formula is C22H27N3O2. The number of hydrogen-bond acceptors (Lipinski definition) is 3. The SMILES string of the molecule is Cc1ccc(NCC(=O)Nc2ccc(C(=O)NC3CCCC3)cc2)c(C)c1. The molecule has 2 aromatic carbocycles. The summed E-state index contributed by atoms with van der Waals surface area (Å²) in [5.74, 6) is -0.172. The van der Waals surface area contributed by atoms with Gasteiger partial charge in [0.25, 0.3) is 5.91 Å². The van der Waals surface area contributed by atoms with Gasteiger partial charge in [-0.25, -0.2) is 0 Å². The van der Waals surface area contributed by atoms with E-state index in [0.717, 1.165) is 24.1 Å². The summed E-state index contributed by atoms with van der Waals surface area (Å²) < 4.78 is 0. The first-order valence-corrected chi connectivity index (χ1v) is 9.53. The quantitative estimate of drug-likeness (QED) is 0.724. The summed E-state index contributed by atoms with van der Waals surface area (Å²) in [4.78, 5) is 24.4. The van der Waals surface area contributed by atoms with Gasteiger partial charge in [0.1, 0.15) is 0 Å². The van der Waals surface area contributed by atoms with Crippen LogP contribution in [0.15, 0.2) is 42.5 Å². The first-order chi connectivity index (χ1) is 13.0. The van der Waals surface area contributed by atoms with Gasteiger partial charge in [0.15, 0.2) is 0 Å². The fourth-order valence-electron chi connectivity index (χ4n) is 3.44. The monoisotopic (exact) mass is 365 g/mol. The molecule has 0 aliphatic heterocycles. The highest BCUT2D eigenvalue weighted by Gasteiger charge is 2.17. The maximum absolute atomic E-state index is 12.2. The second-order valence-corrected chi connectivity index (χ2v) is 7.25. The summed E-state index contributed by atoms with van der Waals surface area (Å²) in [6.07, 6.45) is 4.50. The maximum Gasteiger partial charge on any atom is 0.251 e. The molecule has 0 bridgehead atoms. The molecule has 3 N–H and O–H groups in total. The largest absolute Gasteiger partial charge is 0.376 e. The molecule has 3 rings (SSSR count). The number of nitrogens with one attached hydrogen (secondary N) is 3. The first-order valence-electron chi connectivity index (χ1n) is 9.53. The molecule has 1 aliphatic carbocycles. The minimum absolute atomic E-state index is 0.0451. The van der Waals surface area contributed by atoms with Crippen molar-refractivity contribution in [1.29, 1.82) is 0 Å². The van der Waals surface area contributed by atoms with Crippen molar-refractivity contribution in [3.05, 3.63) is 59.2 Å². The minimum Gasteiger partial charge on any atom is -0.376 e. The molecule has 5 heteroatoms. The number of aryl methyl sites for hydroxylation is 2. The van der Waals surface area contributed by atoms with Gasteiger partial charge in [-0.3, -0.25) is 9.59 Å². The van der Waals surface area contributed by atoms with E-state index >= 15 is 0 Å². The van der Waals surface area contributed by atoms with Crippen LogP contribution >= 0.6 is 0 Å². The lowest BCUT2D eigenvalue weighted by molar-refractivity contribution is -0.114. The van der Waals surface area contributed by atoms with Crippen molar-refractivity contribution < 1.29 is 9.59 Å². The van der Waals surface area contributed by atoms with Crippen molar-refractivity contribution in [2.24, 2.45) is 0 Å². The molecule has 1 aliphatic rings. The van der Waals surface area contributed by atoms with Crippen LogP contribution in [0.2, 0.25) is 0 Å². The van der Waals surface area contributed by atoms with Crippen LogP contribution in [0.3, 0.4) is 0 Å². The van der Waals surface area contributed by atoms with Crippen LogP contribution < -0.4 is 16.0 Å². The molecule has 1 saturated carbocycles. The summed E-state index contributed by atoms with van der Waals surface area (Å²) in [5, 5.41) is 9.07. The third-order valence-corrected chi connectivity index (χ3v) is 4.94. The van der Waals surface area contributed by atoms with Gasteiger partial charge in [-0.05, 0) is 62.6 Å². The lowest BCUT2D eigenvalue weighted by Gasteiger charge is -2.13. The van der Waals surface area contributed by atoms with Gasteiger partial charge < -0.3 is 16.0 Å². The lowest BCUT2D eigenvalue weighted by Crippen LogP contribution is -2.32. The number of rotatable bonds is 6. The Morgan fingerprint density at radius 1 is 1.00 bits per heavy atom. The summed E-state index contributed by atoms with van der Waals surface area (Å²) in [6, 6.07) is 13.4. The smallest absolute Gasteiger partial charge is 0.251 e. The average Bonchev–Trinajstić information content (AvgIpc) is 3.14. The van der Waals surface area contributed by atoms with Gasteiger partial charge in [0.05, 0.1) is 6.54 Å². The predicted molar refractivity (Wildman–Crippen MR) is 109 cm³/mol. The number of anilines is 2. The van der Waals surface area contributed by atoms with Crippen LogP contribution in [-0.2, 0) is 4.79 Å². The van der Waals surface area contributed by atoms with Crippen LogP contribution in [-0.4, -0.2) is 24.4 Å². The zero-order chi connectivity index (χ0) is 19.2. The normalized spacial score (nSPS) is 14.0. The first kappa shape index (κ1) is 19.0. The predicted octanol–water partition coefficient (Wildman–Crippen LogP) is 4.03. The standard InChI is InChI=1S/C22H27N3O2/c1-15-7-12-20(16(2)13-15)23-14-21(26)24-19-10-8-17(9-11-19)22(27)25-18-5-3-4-6-18/h7-13,18,23H,3-6,14H2,1-2H3,(H,24,26)(H,25,27). The highest BCUT2D eigenvalue weighted by Crippen LogP contribution is 2.19. The fraction of sp³-hybridized carbons (Fsp3) is 0.364. The van der Waals surface area contributed by atoms with E-state index in [4.69, 9.17) is 0 Å². The van der Waals surface area contributed by atoms with E-state index in [0.29, 0.717) is 17.3 Å². The number of hydrogen-bond donors (Lipinski definition) is 3. The topological polar surface area (TPSA) is 70.2 Å². The van der Waals surface area contributed by atoms with Gasteiger partial charge in [0, 0.05) is 23.0 Å². The Bertz CT molecular complexity index is 809. The zero-order valence-corrected chi connectivity index (χ0v) is 16.0. The van der Waals surface area contributed by atoms with Gasteiger partial charge >= 0.3 is 0 Å². The Morgan fingerprint density at radius 3 is 2.37 bits per heavy atom. The molecule has 0 atom stereocenters. The molecule has 0 unspecified atom stereocenters. The molecule has 2 aromatic rings. The second-order valence-electron chi connectivity index (χ2n) is 7.25. The molecule has 0 spiro atoms. The van der Waals surface area contributed by atoms with Crippen molar-refractivity contribution >= 4 is 23.2 Å². The van der Waals surface area contributed by atoms with E-state index in [2.05, 4.69) is 22.0 Å². The molecule has 0 aromatic heterocycles. The highest BCUT2D eigenvalue weighted by atomic mass is 16.2. The van der Waals surface area contributed by atoms with Crippen molar-refractivity contribution in [3.8, 4) is 0 Å². The van der Waals surface area contributed by atoms with E-state index < -0.39 is 0 Å². The maximum atomic E-state index is 12.2. The van der Waals surface area contributed by atoms with Crippen LogP contribution in [0.4, 0.5) is 11.4 Å². The molecule has 1 fully saturated rings. The summed E-state index contributed by atoms with van der Waals surface area (Å²) in [7, 11) is 0. The van der Waals surface area contributed by atoms with Crippen molar-refractivity contribution in [2.75, 3.05) is 17.2 Å². The Hall–Kier alpha value is -2.82. The lowest BCUT2D eigenvalue weighted by atomic mass is 10.1. The number of amides is 2. The number of benzene rings is 2. The molecule has 5 nitrogen and oxygen atoms in total. The van der Waals surface area contributed by atoms with Crippen LogP contribution in [0.1, 0.15) is 47.2 Å². The van der Waals surface area contributed by atoms with Crippen LogP contribution in [0, 0.1) is 13.8 Å². The second kappa shape index (κ2) is 8.71. The zero-order valence-electron chi connectivity index (χ0n) is 16.0. The van der Waals surface area contributed by atoms with E-state index in [-0.39, 0.29) is 18.4 Å². The third kappa shape index (κ3) is 5.33. The Labute approximate surface area is 160 Å². The Morgan fingerprint density at radius 2 is 1.70 bits per heavy atom. The fourth-order valence-corrected chi connectivity index (χ4v) is 3.44. The molecule has 0 heterocycles. The number of carbonyl (C=O) groups is 2. The molecule has 0 saturated heterocycles. The third-order valence-electron chi connectivity index (χ3n) is 4.94. The van der Waals surface area contributed by atoms with E-state index in [1.807, 2.05) is 26.0 Å². The number of carbonyl (C=O) groups excluding carboxylic acids is 2. The van der Waals surface area contributed by atoms with Gasteiger partial charge in [-0.2, -0.15) is 0 Å². The van der Waals surface area contributed by atoms with E-state index in [1.54, 1.807) is 24.3 Å². The van der Waals surface area contributed by atoms with Gasteiger partial charge in [0.2, 0.25) is 5.91 Å². The van der Waals surface area contributed by atoms with Crippen LogP contribution in [0.5, 0.6) is 0 Å². The summed E-state index contributed by atoms with van der Waals surface area (Å²) in [6.45, 7) is 4.25. The van der Waals surface area contributed by atoms with Crippen molar-refractivity contribution in [1.82, 2.24) is 5.32 Å². The average molecular weight is 365 g/mol. The Kier molecular flexibility index (Phi) is 6.12. The minimum atomic E-state index is -0.127. The van der Waals surface area contributed by atoms with E-state index in [9.17, 15) is 9.59 Å². The summed E-state index contributed by atoms with van der Waals surface area (Å²) in [5.41, 5.74) is 4.56. The van der Waals surface area contributed by atoms with Crippen molar-refractivity contribution in [3.63, 3.8) is 0 Å². The molecule has 2 amide bonds. The molecule has 27 heavy (non-hydrogen) atoms. The Balaban J connectivity index is 1.49. The molecule has 0 radical (unpaired) electrons. The van der Waals surface area contributed by atoms with Crippen LogP contribution in [0.25, 0.3) is 0 Å². The molecular weight excluding hydrogens is 338 g/mol. The highest BCUT2D eigenvalue weighted by molar-refractivity contribution is 5.96. The molecule has 142 valence electrons. The van der Waals surface area contributed by atoms with Gasteiger partial charge in [-0.1, -0.05) is 30.5 Å². The summed E-state index contributed by atoms with van der Waals surface area (Å²) >= 11 is 0.